The second-order valence-corrected chi connectivity index (χ2v) is 8.10. The van der Waals surface area contributed by atoms with Gasteiger partial charge in [-0.3, -0.25) is 4.55 Å². The topological polar surface area (TPSA) is 66.8 Å². The highest BCUT2D eigenvalue weighted by Gasteiger charge is 2.51. The molecule has 4 rings (SSSR count). The van der Waals surface area contributed by atoms with Gasteiger partial charge in [0.15, 0.2) is 0 Å². The number of thioether (sulfide) groups is 1. The molecule has 0 aromatic rings. The van der Waals surface area contributed by atoms with Crippen molar-refractivity contribution in [2.24, 2.45) is 5.92 Å². The minimum Gasteiger partial charge on any atom is -0.359 e. The van der Waals surface area contributed by atoms with Crippen LogP contribution >= 0.6 is 11.8 Å². The van der Waals surface area contributed by atoms with Crippen LogP contribution in [0.2, 0.25) is 0 Å². The van der Waals surface area contributed by atoms with E-state index in [4.69, 9.17) is 9.29 Å². The molecule has 0 radical (unpaired) electrons. The zero-order valence-electron chi connectivity index (χ0n) is 10.8. The Morgan fingerprint density at radius 3 is 2.28 bits per heavy atom. The van der Waals surface area contributed by atoms with E-state index in [0.717, 1.165) is 5.92 Å². The monoisotopic (exact) mass is 295 g/mol. The van der Waals surface area contributed by atoms with Crippen LogP contribution in [-0.4, -0.2) is 60.6 Å². The zero-order valence-corrected chi connectivity index (χ0v) is 12.5. The molecule has 106 valence electrons. The van der Waals surface area contributed by atoms with Gasteiger partial charge in [-0.2, -0.15) is 8.42 Å². The molecular formula is C11H21NO4S2. The van der Waals surface area contributed by atoms with Gasteiger partial charge in [0.2, 0.25) is 0 Å². The van der Waals surface area contributed by atoms with Crippen LogP contribution in [0.1, 0.15) is 19.8 Å². The third kappa shape index (κ3) is 3.60. The fourth-order valence-corrected chi connectivity index (χ4v) is 4.25. The Balaban J connectivity index is 0.000000209. The van der Waals surface area contributed by atoms with Crippen molar-refractivity contribution in [2.45, 2.75) is 30.8 Å². The summed E-state index contributed by atoms with van der Waals surface area (Å²) in [6.07, 6.45) is 3.45. The molecule has 0 saturated carbocycles. The first kappa shape index (κ1) is 14.6. The summed E-state index contributed by atoms with van der Waals surface area (Å²) in [6.45, 7) is 6.02. The lowest BCUT2D eigenvalue weighted by Gasteiger charge is -2.50. The minimum atomic E-state index is -3.67. The average Bonchev–Trinajstić information content (AvgIpc) is 2.59. The number of fused-ring (bicyclic) bond motifs is 2. The lowest BCUT2D eigenvalue weighted by molar-refractivity contribution is -0.133. The second-order valence-electron chi connectivity index (χ2n) is 5.34. The number of ether oxygens (including phenoxy) is 1. The van der Waals surface area contributed by atoms with Gasteiger partial charge in [-0.1, -0.05) is 0 Å². The first-order valence-electron chi connectivity index (χ1n) is 6.23. The van der Waals surface area contributed by atoms with E-state index >= 15 is 0 Å². The molecule has 18 heavy (non-hydrogen) atoms. The zero-order chi connectivity index (χ0) is 13.4. The summed E-state index contributed by atoms with van der Waals surface area (Å²) in [4.78, 5) is 2.58. The van der Waals surface area contributed by atoms with Gasteiger partial charge in [-0.25, -0.2) is 0 Å². The third-order valence-electron chi connectivity index (χ3n) is 3.79. The maximum Gasteiger partial charge on any atom is 0.261 e. The molecule has 7 heteroatoms. The highest BCUT2D eigenvalue weighted by Crippen LogP contribution is 2.46. The number of hydrogen-bond acceptors (Lipinski definition) is 5. The van der Waals surface area contributed by atoms with E-state index < -0.39 is 10.1 Å². The fourth-order valence-electron chi connectivity index (χ4n) is 3.08. The van der Waals surface area contributed by atoms with Crippen molar-refractivity contribution in [3.8, 4) is 0 Å². The van der Waals surface area contributed by atoms with Crippen molar-refractivity contribution in [2.75, 3.05) is 31.6 Å². The number of piperidine rings is 3. The van der Waals surface area contributed by atoms with E-state index in [-0.39, 0.29) is 5.60 Å². The number of rotatable bonds is 0. The first-order chi connectivity index (χ1) is 8.28. The van der Waals surface area contributed by atoms with Crippen molar-refractivity contribution in [1.82, 2.24) is 4.90 Å². The van der Waals surface area contributed by atoms with Crippen LogP contribution in [0.5, 0.6) is 0 Å². The van der Waals surface area contributed by atoms with Gasteiger partial charge >= 0.3 is 0 Å². The maximum atomic E-state index is 9.19. The molecule has 0 aromatic carbocycles. The van der Waals surface area contributed by atoms with Crippen LogP contribution in [0.3, 0.4) is 0 Å². The quantitative estimate of drug-likeness (QED) is 0.674. The predicted molar refractivity (Wildman–Crippen MR) is 72.4 cm³/mol. The third-order valence-corrected chi connectivity index (χ3v) is 5.01. The van der Waals surface area contributed by atoms with Crippen LogP contribution in [0, 0.1) is 5.92 Å². The van der Waals surface area contributed by atoms with Crippen molar-refractivity contribution in [1.29, 1.82) is 0 Å². The molecule has 0 aromatic heterocycles. The SMILES string of the molecule is CC1OC2(CS1)CN1CCC2CC1.CS(=O)(=O)O. The van der Waals surface area contributed by atoms with Crippen molar-refractivity contribution < 1.29 is 17.7 Å². The summed E-state index contributed by atoms with van der Waals surface area (Å²) in [5, 5.41) is 0. The van der Waals surface area contributed by atoms with Crippen LogP contribution in [0.15, 0.2) is 0 Å². The summed E-state index contributed by atoms with van der Waals surface area (Å²) in [7, 11) is -3.67. The Bertz CT molecular complexity index is 384. The van der Waals surface area contributed by atoms with E-state index in [0.29, 0.717) is 11.7 Å². The molecule has 2 bridgehead atoms. The highest BCUT2D eigenvalue weighted by molar-refractivity contribution is 8.00. The molecule has 2 atom stereocenters. The smallest absolute Gasteiger partial charge is 0.261 e. The van der Waals surface area contributed by atoms with E-state index in [2.05, 4.69) is 11.8 Å². The van der Waals surface area contributed by atoms with Crippen LogP contribution in [0.4, 0.5) is 0 Å². The van der Waals surface area contributed by atoms with Gasteiger partial charge in [0.05, 0.1) is 11.9 Å². The molecule has 4 aliphatic rings. The Labute approximate surface area is 113 Å². The van der Waals surface area contributed by atoms with E-state index in [1.165, 1.54) is 38.2 Å². The van der Waals surface area contributed by atoms with E-state index in [1.807, 2.05) is 11.8 Å². The van der Waals surface area contributed by atoms with Crippen molar-refractivity contribution >= 4 is 21.9 Å². The Morgan fingerprint density at radius 1 is 1.39 bits per heavy atom. The van der Waals surface area contributed by atoms with Gasteiger partial charge in [0, 0.05) is 12.3 Å². The number of nitrogens with zero attached hydrogens (tertiary/aromatic N) is 1. The molecule has 0 aliphatic carbocycles. The van der Waals surface area contributed by atoms with Gasteiger partial charge in [-0.15, -0.1) is 11.8 Å². The van der Waals surface area contributed by atoms with Gasteiger partial charge in [0.1, 0.15) is 5.44 Å². The Hall–Kier alpha value is 0.180. The van der Waals surface area contributed by atoms with E-state index in [9.17, 15) is 8.42 Å². The molecule has 4 aliphatic heterocycles. The van der Waals surface area contributed by atoms with Gasteiger partial charge in [0.25, 0.3) is 10.1 Å². The first-order valence-corrected chi connectivity index (χ1v) is 9.12. The van der Waals surface area contributed by atoms with Gasteiger partial charge in [-0.05, 0) is 38.8 Å². The largest absolute Gasteiger partial charge is 0.359 e. The molecule has 0 amide bonds. The summed E-state index contributed by atoms with van der Waals surface area (Å²) < 4.78 is 32.0. The molecule has 4 fully saturated rings. The molecule has 4 saturated heterocycles. The van der Waals surface area contributed by atoms with Crippen LogP contribution in [-0.2, 0) is 14.9 Å². The lowest BCUT2D eigenvalue weighted by Crippen LogP contribution is -2.60. The minimum absolute atomic E-state index is 0.251. The summed E-state index contributed by atoms with van der Waals surface area (Å²) in [5.74, 6) is 2.09. The molecule has 1 spiro atoms. The summed E-state index contributed by atoms with van der Waals surface area (Å²) in [5.41, 5.74) is 0.682. The maximum absolute atomic E-state index is 9.19. The van der Waals surface area contributed by atoms with Gasteiger partial charge < -0.3 is 9.64 Å². The second kappa shape index (κ2) is 5.28. The summed E-state index contributed by atoms with van der Waals surface area (Å²) in [6, 6.07) is 0. The van der Waals surface area contributed by atoms with Crippen LogP contribution < -0.4 is 0 Å². The molecule has 1 N–H and O–H groups in total. The molecule has 2 unspecified atom stereocenters. The standard InChI is InChI=1S/C10H17NOS.CH4O3S/c1-8-12-10(7-13-8)6-11-4-2-9(10)3-5-11;1-5(2,3)4/h8-9H,2-7H2,1H3;1H3,(H,2,3,4). The number of hydrogen-bond donors (Lipinski definition) is 1. The Kier molecular flexibility index (Phi) is 4.28. The van der Waals surface area contributed by atoms with Crippen molar-refractivity contribution in [3.05, 3.63) is 0 Å². The fraction of sp³-hybridized carbons (Fsp3) is 1.00. The van der Waals surface area contributed by atoms with Crippen molar-refractivity contribution in [3.63, 3.8) is 0 Å². The highest BCUT2D eigenvalue weighted by atomic mass is 32.2. The average molecular weight is 295 g/mol. The molecular weight excluding hydrogens is 274 g/mol. The molecule has 5 nitrogen and oxygen atoms in total. The predicted octanol–water partition coefficient (Wildman–Crippen LogP) is 1.06. The van der Waals surface area contributed by atoms with Crippen LogP contribution in [0.25, 0.3) is 0 Å². The molecule has 4 heterocycles. The van der Waals surface area contributed by atoms with E-state index in [1.54, 1.807) is 0 Å². The Morgan fingerprint density at radius 2 is 1.94 bits per heavy atom. The lowest BCUT2D eigenvalue weighted by atomic mass is 9.76. The normalized spacial score (nSPS) is 42.7. The summed E-state index contributed by atoms with van der Waals surface area (Å²) >= 11 is 1.99.